The Bertz CT molecular complexity index is 472. The predicted molar refractivity (Wildman–Crippen MR) is 58.8 cm³/mol. The molecule has 1 aromatic heterocycles. The summed E-state index contributed by atoms with van der Waals surface area (Å²) in [5, 5.41) is 7.57. The van der Waals surface area contributed by atoms with Gasteiger partial charge in [-0.15, -0.1) is 10.2 Å². The summed E-state index contributed by atoms with van der Waals surface area (Å²) in [4.78, 5) is 0. The molecule has 0 aliphatic carbocycles. The zero-order valence-electron chi connectivity index (χ0n) is 7.71. The largest absolute Gasteiger partial charge is 0.266 e. The van der Waals surface area contributed by atoms with Crippen molar-refractivity contribution in [2.24, 2.45) is 0 Å². The summed E-state index contributed by atoms with van der Waals surface area (Å²) in [6.45, 7) is 1.71. The van der Waals surface area contributed by atoms with E-state index in [-0.39, 0.29) is 11.1 Å². The van der Waals surface area contributed by atoms with Crippen LogP contribution in [0, 0.1) is 12.7 Å². The van der Waals surface area contributed by atoms with E-state index in [4.69, 9.17) is 11.6 Å². The third kappa shape index (κ3) is 1.77. The van der Waals surface area contributed by atoms with Crippen molar-refractivity contribution in [3.63, 3.8) is 0 Å². The monoisotopic (exact) mass is 289 g/mol. The summed E-state index contributed by atoms with van der Waals surface area (Å²) in [5.74, 6) is 0.153. The molecule has 0 saturated carbocycles. The molecule has 0 spiro atoms. The number of para-hydroxylation sites is 1. The number of halogens is 3. The fourth-order valence-corrected chi connectivity index (χ4v) is 2.06. The van der Waals surface area contributed by atoms with Crippen LogP contribution in [0.2, 0.25) is 5.28 Å². The maximum atomic E-state index is 13.6. The Hall–Kier alpha value is -0.940. The van der Waals surface area contributed by atoms with E-state index in [1.807, 2.05) is 0 Å². The second kappa shape index (κ2) is 3.90. The molecule has 6 heteroatoms. The van der Waals surface area contributed by atoms with E-state index in [2.05, 4.69) is 26.1 Å². The molecule has 1 aromatic carbocycles. The number of nitrogens with zero attached hydrogens (tertiary/aromatic N) is 3. The van der Waals surface area contributed by atoms with E-state index in [1.54, 1.807) is 19.1 Å². The summed E-state index contributed by atoms with van der Waals surface area (Å²) in [6, 6.07) is 4.69. The van der Waals surface area contributed by atoms with Crippen molar-refractivity contribution in [1.82, 2.24) is 14.8 Å². The van der Waals surface area contributed by atoms with E-state index in [9.17, 15) is 4.39 Å². The standard InChI is InChI=1S/C9H6BrClFN3/c1-5-13-14-9(11)15(5)8-6(10)3-2-4-7(8)12/h2-4H,1H3. The zero-order chi connectivity index (χ0) is 11.0. The van der Waals surface area contributed by atoms with E-state index >= 15 is 0 Å². The van der Waals surface area contributed by atoms with Crippen molar-refractivity contribution in [2.45, 2.75) is 6.92 Å². The maximum absolute atomic E-state index is 13.6. The lowest BCUT2D eigenvalue weighted by atomic mass is 10.3. The summed E-state index contributed by atoms with van der Waals surface area (Å²) < 4.78 is 15.7. The van der Waals surface area contributed by atoms with E-state index in [0.717, 1.165) is 0 Å². The first kappa shape index (κ1) is 10.6. The molecule has 0 unspecified atom stereocenters. The van der Waals surface area contributed by atoms with Crippen molar-refractivity contribution < 1.29 is 4.39 Å². The minimum Gasteiger partial charge on any atom is -0.266 e. The Morgan fingerprint density at radius 2 is 2.13 bits per heavy atom. The number of hydrogen-bond acceptors (Lipinski definition) is 2. The molecule has 15 heavy (non-hydrogen) atoms. The van der Waals surface area contributed by atoms with Gasteiger partial charge in [-0.05, 0) is 46.6 Å². The van der Waals surface area contributed by atoms with Crippen LogP contribution in [-0.2, 0) is 0 Å². The third-order valence-electron chi connectivity index (χ3n) is 1.95. The normalized spacial score (nSPS) is 10.7. The average molecular weight is 291 g/mol. The highest BCUT2D eigenvalue weighted by Gasteiger charge is 2.15. The SMILES string of the molecule is Cc1nnc(Cl)n1-c1c(F)cccc1Br. The summed E-state index contributed by atoms with van der Waals surface area (Å²) in [6.07, 6.45) is 0. The van der Waals surface area contributed by atoms with Gasteiger partial charge in [0.1, 0.15) is 11.6 Å². The Labute approximate surface area is 99.0 Å². The molecule has 0 N–H and O–H groups in total. The van der Waals surface area contributed by atoms with Crippen molar-refractivity contribution in [3.05, 3.63) is 39.6 Å². The molecule has 0 radical (unpaired) electrons. The molecule has 1 heterocycles. The molecule has 0 amide bonds. The Morgan fingerprint density at radius 1 is 1.40 bits per heavy atom. The van der Waals surface area contributed by atoms with Gasteiger partial charge in [0.05, 0.1) is 5.69 Å². The van der Waals surface area contributed by atoms with Gasteiger partial charge in [0.25, 0.3) is 0 Å². The number of aromatic nitrogens is 3. The fraction of sp³-hybridized carbons (Fsp3) is 0.111. The van der Waals surface area contributed by atoms with Crippen LogP contribution in [0.25, 0.3) is 5.69 Å². The Kier molecular flexibility index (Phi) is 2.75. The second-order valence-electron chi connectivity index (χ2n) is 2.92. The molecule has 2 aromatic rings. The van der Waals surface area contributed by atoms with Gasteiger partial charge >= 0.3 is 0 Å². The van der Waals surface area contributed by atoms with Gasteiger partial charge in [0.2, 0.25) is 5.28 Å². The quantitative estimate of drug-likeness (QED) is 0.808. The lowest BCUT2D eigenvalue weighted by molar-refractivity contribution is 0.615. The van der Waals surface area contributed by atoms with E-state index < -0.39 is 0 Å². The van der Waals surface area contributed by atoms with Crippen LogP contribution >= 0.6 is 27.5 Å². The van der Waals surface area contributed by atoms with Crippen LogP contribution < -0.4 is 0 Å². The summed E-state index contributed by atoms with van der Waals surface area (Å²) in [7, 11) is 0. The molecule has 0 saturated heterocycles. The van der Waals surface area contributed by atoms with Gasteiger partial charge in [0.15, 0.2) is 0 Å². The van der Waals surface area contributed by atoms with Crippen molar-refractivity contribution in [1.29, 1.82) is 0 Å². The minimum atomic E-state index is -0.380. The first-order chi connectivity index (χ1) is 7.11. The van der Waals surface area contributed by atoms with Gasteiger partial charge < -0.3 is 0 Å². The lowest BCUT2D eigenvalue weighted by Gasteiger charge is -2.08. The highest BCUT2D eigenvalue weighted by Crippen LogP contribution is 2.27. The van der Waals surface area contributed by atoms with Crippen LogP contribution in [0.3, 0.4) is 0 Å². The molecule has 0 fully saturated rings. The van der Waals surface area contributed by atoms with E-state index in [1.165, 1.54) is 10.6 Å². The van der Waals surface area contributed by atoms with Gasteiger partial charge in [-0.2, -0.15) is 0 Å². The molecule has 0 aliphatic rings. The number of hydrogen-bond donors (Lipinski definition) is 0. The average Bonchev–Trinajstić information content (AvgIpc) is 2.49. The highest BCUT2D eigenvalue weighted by atomic mass is 79.9. The smallest absolute Gasteiger partial charge is 0.229 e. The molecular formula is C9H6BrClFN3. The van der Waals surface area contributed by atoms with Crippen molar-refractivity contribution in [3.8, 4) is 5.69 Å². The highest BCUT2D eigenvalue weighted by molar-refractivity contribution is 9.10. The topological polar surface area (TPSA) is 30.7 Å². The molecule has 0 bridgehead atoms. The van der Waals surface area contributed by atoms with Gasteiger partial charge in [-0.1, -0.05) is 6.07 Å². The molecule has 3 nitrogen and oxygen atoms in total. The van der Waals surface area contributed by atoms with Crippen molar-refractivity contribution >= 4 is 27.5 Å². The van der Waals surface area contributed by atoms with Crippen LogP contribution in [0.15, 0.2) is 22.7 Å². The molecule has 0 aliphatic heterocycles. The van der Waals surface area contributed by atoms with Crippen LogP contribution in [0.4, 0.5) is 4.39 Å². The number of benzene rings is 1. The molecule has 2 rings (SSSR count). The van der Waals surface area contributed by atoms with Crippen LogP contribution in [-0.4, -0.2) is 14.8 Å². The molecule has 0 atom stereocenters. The van der Waals surface area contributed by atoms with Gasteiger partial charge in [-0.25, -0.2) is 4.39 Å². The van der Waals surface area contributed by atoms with Crippen LogP contribution in [0.5, 0.6) is 0 Å². The maximum Gasteiger partial charge on any atom is 0.229 e. The molecule has 78 valence electrons. The van der Waals surface area contributed by atoms with Gasteiger partial charge in [0, 0.05) is 4.47 Å². The fourth-order valence-electron chi connectivity index (χ4n) is 1.29. The lowest BCUT2D eigenvalue weighted by Crippen LogP contribution is -2.01. The predicted octanol–water partition coefficient (Wildman–Crippen LogP) is 3.13. The second-order valence-corrected chi connectivity index (χ2v) is 4.11. The first-order valence-corrected chi connectivity index (χ1v) is 5.30. The van der Waals surface area contributed by atoms with E-state index in [0.29, 0.717) is 16.0 Å². The summed E-state index contributed by atoms with van der Waals surface area (Å²) in [5.41, 5.74) is 0.324. The molecular weight excluding hydrogens is 284 g/mol. The zero-order valence-corrected chi connectivity index (χ0v) is 10.0. The Morgan fingerprint density at radius 3 is 2.67 bits per heavy atom. The van der Waals surface area contributed by atoms with Crippen molar-refractivity contribution in [2.75, 3.05) is 0 Å². The summed E-state index contributed by atoms with van der Waals surface area (Å²) >= 11 is 9.09. The van der Waals surface area contributed by atoms with Crippen LogP contribution in [0.1, 0.15) is 5.82 Å². The first-order valence-electron chi connectivity index (χ1n) is 4.13. The third-order valence-corrected chi connectivity index (χ3v) is 2.83. The Balaban J connectivity index is 2.74. The number of aryl methyl sites for hydroxylation is 1. The van der Waals surface area contributed by atoms with Gasteiger partial charge in [-0.3, -0.25) is 4.57 Å². The minimum absolute atomic E-state index is 0.137. The number of rotatable bonds is 1.